The first-order valence-corrected chi connectivity index (χ1v) is 12.5. The molecule has 4 rings (SSSR count). The van der Waals surface area contributed by atoms with Crippen molar-refractivity contribution in [2.75, 3.05) is 24.5 Å². The second-order valence-corrected chi connectivity index (χ2v) is 10.4. The van der Waals surface area contributed by atoms with Gasteiger partial charge < -0.3 is 9.64 Å². The van der Waals surface area contributed by atoms with Crippen LogP contribution in [0, 0.1) is 0 Å². The van der Waals surface area contributed by atoms with Gasteiger partial charge in [-0.15, -0.1) is 0 Å². The summed E-state index contributed by atoms with van der Waals surface area (Å²) < 4.78 is 32.7. The first-order valence-electron chi connectivity index (χ1n) is 10.7. The predicted octanol–water partition coefficient (Wildman–Crippen LogP) is 3.65. The van der Waals surface area contributed by atoms with Gasteiger partial charge in [-0.2, -0.15) is 4.31 Å². The highest BCUT2D eigenvalue weighted by Crippen LogP contribution is 2.29. The zero-order valence-corrected chi connectivity index (χ0v) is 19.4. The van der Waals surface area contributed by atoms with E-state index in [0.717, 1.165) is 36.9 Å². The molecule has 1 fully saturated rings. The van der Waals surface area contributed by atoms with Crippen LogP contribution in [0.25, 0.3) is 0 Å². The van der Waals surface area contributed by atoms with E-state index in [9.17, 15) is 18.0 Å². The Kier molecular flexibility index (Phi) is 6.55. The van der Waals surface area contributed by atoms with Crippen LogP contribution in [0.1, 0.15) is 42.1 Å². The van der Waals surface area contributed by atoms with Gasteiger partial charge in [0.1, 0.15) is 0 Å². The van der Waals surface area contributed by atoms with Crippen LogP contribution in [-0.4, -0.2) is 50.3 Å². The maximum atomic E-state index is 13.0. The number of piperidine rings is 1. The number of ether oxygens (including phenoxy) is 1. The molecule has 2 aromatic rings. The minimum absolute atomic E-state index is 0.0109. The van der Waals surface area contributed by atoms with Crippen molar-refractivity contribution in [3.05, 3.63) is 58.6 Å². The minimum Gasteiger partial charge on any atom is -0.449 e. The number of rotatable bonds is 5. The molecule has 0 N–H and O–H groups in total. The van der Waals surface area contributed by atoms with E-state index in [2.05, 4.69) is 0 Å². The van der Waals surface area contributed by atoms with E-state index in [1.54, 1.807) is 4.90 Å². The third-order valence-electron chi connectivity index (χ3n) is 5.90. The summed E-state index contributed by atoms with van der Waals surface area (Å²) in [6.45, 7) is 2.93. The SMILES string of the molecule is C[C@H](OC(=O)c1cc(S(=O)(=O)N2CCCCC2)ccc1Cl)C(=O)N1CCc2ccccc21. The first kappa shape index (κ1) is 22.8. The van der Waals surface area contributed by atoms with Crippen molar-refractivity contribution in [1.82, 2.24) is 4.31 Å². The summed E-state index contributed by atoms with van der Waals surface area (Å²) in [5.74, 6) is -1.17. The second kappa shape index (κ2) is 9.21. The van der Waals surface area contributed by atoms with Crippen LogP contribution in [0.5, 0.6) is 0 Å². The van der Waals surface area contributed by atoms with Gasteiger partial charge in [-0.1, -0.05) is 36.2 Å². The van der Waals surface area contributed by atoms with Crippen molar-refractivity contribution >= 4 is 39.2 Å². The minimum atomic E-state index is -3.73. The molecule has 2 aliphatic heterocycles. The van der Waals surface area contributed by atoms with Gasteiger partial charge in [-0.05, 0) is 56.0 Å². The molecule has 1 saturated heterocycles. The summed E-state index contributed by atoms with van der Waals surface area (Å²) in [5.41, 5.74) is 1.80. The fourth-order valence-electron chi connectivity index (χ4n) is 4.14. The molecule has 2 heterocycles. The average Bonchev–Trinajstić information content (AvgIpc) is 3.23. The lowest BCUT2D eigenvalue weighted by Crippen LogP contribution is -2.39. The van der Waals surface area contributed by atoms with Crippen LogP contribution < -0.4 is 4.90 Å². The van der Waals surface area contributed by atoms with E-state index in [-0.39, 0.29) is 21.4 Å². The van der Waals surface area contributed by atoms with Gasteiger partial charge in [-0.3, -0.25) is 4.79 Å². The molecule has 0 radical (unpaired) electrons. The molecule has 0 spiro atoms. The average molecular weight is 477 g/mol. The maximum absolute atomic E-state index is 13.0. The number of fused-ring (bicyclic) bond motifs is 1. The van der Waals surface area contributed by atoms with Crippen LogP contribution in [0.4, 0.5) is 5.69 Å². The van der Waals surface area contributed by atoms with Crippen molar-refractivity contribution < 1.29 is 22.7 Å². The fourth-order valence-corrected chi connectivity index (χ4v) is 5.88. The van der Waals surface area contributed by atoms with Crippen molar-refractivity contribution in [1.29, 1.82) is 0 Å². The molecule has 0 aromatic heterocycles. The molecule has 170 valence electrons. The Labute approximate surface area is 193 Å². The molecule has 1 atom stereocenters. The predicted molar refractivity (Wildman–Crippen MR) is 121 cm³/mol. The number of hydrogen-bond donors (Lipinski definition) is 0. The molecule has 2 aromatic carbocycles. The number of sulfonamides is 1. The van der Waals surface area contributed by atoms with Gasteiger partial charge in [0, 0.05) is 25.3 Å². The molecule has 0 aliphatic carbocycles. The first-order chi connectivity index (χ1) is 15.3. The summed E-state index contributed by atoms with van der Waals surface area (Å²) in [6, 6.07) is 11.6. The van der Waals surface area contributed by atoms with Gasteiger partial charge in [-0.25, -0.2) is 13.2 Å². The summed E-state index contributed by atoms with van der Waals surface area (Å²) in [7, 11) is -3.73. The molecule has 0 bridgehead atoms. The number of halogens is 1. The fraction of sp³-hybridized carbons (Fsp3) is 0.391. The molecular formula is C23H25ClN2O5S. The van der Waals surface area contributed by atoms with Gasteiger partial charge in [0.2, 0.25) is 10.0 Å². The molecule has 1 amide bonds. The molecule has 32 heavy (non-hydrogen) atoms. The van der Waals surface area contributed by atoms with Gasteiger partial charge in [0.25, 0.3) is 5.91 Å². The van der Waals surface area contributed by atoms with Gasteiger partial charge in [0.05, 0.1) is 15.5 Å². The second-order valence-electron chi connectivity index (χ2n) is 8.02. The Balaban J connectivity index is 1.51. The molecule has 0 unspecified atom stereocenters. The van der Waals surface area contributed by atoms with Crippen molar-refractivity contribution in [3.63, 3.8) is 0 Å². The monoisotopic (exact) mass is 476 g/mol. The molecule has 0 saturated carbocycles. The van der Waals surface area contributed by atoms with E-state index in [1.807, 2.05) is 24.3 Å². The maximum Gasteiger partial charge on any atom is 0.340 e. The number of para-hydroxylation sites is 1. The zero-order chi connectivity index (χ0) is 22.9. The quantitative estimate of drug-likeness (QED) is 0.615. The Bertz CT molecular complexity index is 1140. The lowest BCUT2D eigenvalue weighted by molar-refractivity contribution is -0.126. The van der Waals surface area contributed by atoms with E-state index < -0.39 is 22.1 Å². The Morgan fingerprint density at radius 3 is 2.50 bits per heavy atom. The highest BCUT2D eigenvalue weighted by molar-refractivity contribution is 7.89. The summed E-state index contributed by atoms with van der Waals surface area (Å²) in [6.07, 6.45) is 2.30. The number of carbonyl (C=O) groups is 2. The van der Waals surface area contributed by atoms with Crippen LogP contribution in [0.2, 0.25) is 5.02 Å². The number of esters is 1. The number of anilines is 1. The van der Waals surface area contributed by atoms with E-state index >= 15 is 0 Å². The molecule has 9 heteroatoms. The number of hydrogen-bond acceptors (Lipinski definition) is 5. The Hall–Kier alpha value is -2.42. The normalized spacial score (nSPS) is 17.6. The number of carbonyl (C=O) groups excluding carboxylic acids is 2. The van der Waals surface area contributed by atoms with Crippen molar-refractivity contribution in [2.24, 2.45) is 0 Å². The summed E-state index contributed by atoms with van der Waals surface area (Å²) in [5, 5.41) is 0.0683. The smallest absolute Gasteiger partial charge is 0.340 e. The largest absolute Gasteiger partial charge is 0.449 e. The van der Waals surface area contributed by atoms with Crippen molar-refractivity contribution in [3.8, 4) is 0 Å². The summed E-state index contributed by atoms with van der Waals surface area (Å²) >= 11 is 6.18. The Morgan fingerprint density at radius 2 is 1.75 bits per heavy atom. The lowest BCUT2D eigenvalue weighted by Gasteiger charge is -2.26. The van der Waals surface area contributed by atoms with Crippen LogP contribution in [0.15, 0.2) is 47.4 Å². The summed E-state index contributed by atoms with van der Waals surface area (Å²) in [4.78, 5) is 27.3. The van der Waals surface area contributed by atoms with Gasteiger partial charge in [0.15, 0.2) is 6.10 Å². The van der Waals surface area contributed by atoms with Crippen molar-refractivity contribution in [2.45, 2.75) is 43.6 Å². The Morgan fingerprint density at radius 1 is 1.03 bits per heavy atom. The van der Waals surface area contributed by atoms with E-state index in [0.29, 0.717) is 19.6 Å². The molecule has 2 aliphatic rings. The lowest BCUT2D eigenvalue weighted by atomic mass is 10.2. The van der Waals surface area contributed by atoms with Gasteiger partial charge >= 0.3 is 5.97 Å². The molecular weight excluding hydrogens is 452 g/mol. The van der Waals surface area contributed by atoms with E-state index in [1.165, 1.54) is 29.4 Å². The van der Waals surface area contributed by atoms with Crippen LogP contribution in [-0.2, 0) is 26.0 Å². The standard InChI is InChI=1S/C23H25ClN2O5S/c1-16(22(27)26-14-11-17-7-3-4-8-21(17)26)31-23(28)19-15-18(9-10-20(19)24)32(29,30)25-12-5-2-6-13-25/h3-4,7-10,15-16H,2,5-6,11-14H2,1H3/t16-/m0/s1. The van der Waals surface area contributed by atoms with Crippen LogP contribution >= 0.6 is 11.6 Å². The highest BCUT2D eigenvalue weighted by Gasteiger charge is 2.31. The zero-order valence-electron chi connectivity index (χ0n) is 17.8. The number of amides is 1. The van der Waals surface area contributed by atoms with E-state index in [4.69, 9.17) is 16.3 Å². The molecule has 7 nitrogen and oxygen atoms in total. The third kappa shape index (κ3) is 4.40. The van der Waals surface area contributed by atoms with Crippen LogP contribution in [0.3, 0.4) is 0 Å². The third-order valence-corrected chi connectivity index (χ3v) is 8.12. The topological polar surface area (TPSA) is 84.0 Å². The highest BCUT2D eigenvalue weighted by atomic mass is 35.5. The number of benzene rings is 2. The number of nitrogens with zero attached hydrogens (tertiary/aromatic N) is 2.